The zero-order chi connectivity index (χ0) is 17.9. The Balaban J connectivity index is 0.00000243. The average Bonchev–Trinajstić information content (AvgIpc) is 3.17. The van der Waals surface area contributed by atoms with E-state index >= 15 is 0 Å². The Morgan fingerprint density at radius 1 is 1.27 bits per heavy atom. The molecule has 3 heterocycles. The highest BCUT2D eigenvalue weighted by Gasteiger charge is 2.33. The van der Waals surface area contributed by atoms with E-state index in [0.29, 0.717) is 43.4 Å². The summed E-state index contributed by atoms with van der Waals surface area (Å²) in [5, 5.41) is 1.74. The topological polar surface area (TPSA) is 102 Å². The Morgan fingerprint density at radius 2 is 1.92 bits per heavy atom. The Morgan fingerprint density at radius 3 is 2.50 bits per heavy atom. The van der Waals surface area contributed by atoms with E-state index in [0.717, 1.165) is 12.8 Å². The number of hydrogen-bond acceptors (Lipinski definition) is 6. The van der Waals surface area contributed by atoms with Gasteiger partial charge in [-0.1, -0.05) is 6.07 Å². The zero-order valence-corrected chi connectivity index (χ0v) is 17.0. The molecule has 2 saturated heterocycles. The van der Waals surface area contributed by atoms with Crippen molar-refractivity contribution >= 4 is 39.7 Å². The van der Waals surface area contributed by atoms with E-state index in [1.165, 1.54) is 11.3 Å². The Bertz CT molecular complexity index is 670. The Hall–Kier alpha value is -0.710. The smallest absolute Gasteiger partial charge is 0.250 e. The lowest BCUT2D eigenvalue weighted by atomic mass is 9.91. The molecule has 148 valence electrons. The first-order valence-electron chi connectivity index (χ1n) is 8.65. The van der Waals surface area contributed by atoms with Crippen molar-refractivity contribution in [3.63, 3.8) is 0 Å². The third-order valence-electron chi connectivity index (χ3n) is 4.95. The zero-order valence-electron chi connectivity index (χ0n) is 14.5. The fourth-order valence-corrected chi connectivity index (χ4v) is 5.71. The number of piperidine rings is 1. The van der Waals surface area contributed by atoms with Gasteiger partial charge in [0, 0.05) is 32.3 Å². The molecule has 0 bridgehead atoms. The monoisotopic (exact) mass is 423 g/mol. The van der Waals surface area contributed by atoms with Crippen molar-refractivity contribution in [2.75, 3.05) is 26.3 Å². The molecule has 2 fully saturated rings. The number of halogens is 1. The maximum atomic E-state index is 12.6. The summed E-state index contributed by atoms with van der Waals surface area (Å²) >= 11 is 1.20. The van der Waals surface area contributed by atoms with Gasteiger partial charge in [0.25, 0.3) is 0 Å². The van der Waals surface area contributed by atoms with Crippen LogP contribution in [0.2, 0.25) is 0 Å². The minimum absolute atomic E-state index is 0. The van der Waals surface area contributed by atoms with Gasteiger partial charge >= 0.3 is 0 Å². The Labute approximate surface area is 164 Å². The van der Waals surface area contributed by atoms with Crippen LogP contribution in [0.25, 0.3) is 0 Å². The quantitative estimate of drug-likeness (QED) is 0.740. The van der Waals surface area contributed by atoms with Crippen molar-refractivity contribution in [1.29, 1.82) is 0 Å². The number of nitrogens with one attached hydrogen (secondary N) is 1. The second-order valence-electron chi connectivity index (χ2n) is 6.63. The number of ether oxygens (including phenoxy) is 1. The number of carbonyl (C=O) groups excluding carboxylic acids is 1. The lowest BCUT2D eigenvalue weighted by Gasteiger charge is -2.36. The minimum atomic E-state index is -3.46. The predicted octanol–water partition coefficient (Wildman–Crippen LogP) is 1.19. The maximum Gasteiger partial charge on any atom is 0.250 e. The molecule has 2 aliphatic heterocycles. The highest BCUT2D eigenvalue weighted by Crippen LogP contribution is 2.22. The molecule has 0 saturated carbocycles. The molecule has 3 rings (SSSR count). The first-order valence-corrected chi connectivity index (χ1v) is 11.0. The van der Waals surface area contributed by atoms with Gasteiger partial charge in [-0.05, 0) is 43.0 Å². The van der Waals surface area contributed by atoms with Crippen LogP contribution in [0.3, 0.4) is 0 Å². The van der Waals surface area contributed by atoms with Crippen molar-refractivity contribution in [2.24, 2.45) is 11.7 Å². The molecule has 1 aromatic rings. The van der Waals surface area contributed by atoms with Gasteiger partial charge in [0.1, 0.15) is 4.21 Å². The summed E-state index contributed by atoms with van der Waals surface area (Å²) in [4.78, 5) is 14.4. The van der Waals surface area contributed by atoms with Crippen LogP contribution in [0.1, 0.15) is 25.7 Å². The van der Waals surface area contributed by atoms with Crippen LogP contribution in [0.4, 0.5) is 0 Å². The second kappa shape index (κ2) is 9.48. The van der Waals surface area contributed by atoms with Crippen molar-refractivity contribution in [2.45, 2.75) is 42.0 Å². The average molecular weight is 424 g/mol. The van der Waals surface area contributed by atoms with E-state index in [4.69, 9.17) is 10.5 Å². The van der Waals surface area contributed by atoms with Gasteiger partial charge in [-0.3, -0.25) is 4.79 Å². The van der Waals surface area contributed by atoms with Gasteiger partial charge in [0.15, 0.2) is 0 Å². The van der Waals surface area contributed by atoms with E-state index in [1.807, 2.05) is 0 Å². The van der Waals surface area contributed by atoms with Crippen molar-refractivity contribution < 1.29 is 17.9 Å². The molecule has 2 aliphatic rings. The van der Waals surface area contributed by atoms with Gasteiger partial charge in [-0.2, -0.15) is 0 Å². The van der Waals surface area contributed by atoms with Crippen LogP contribution in [-0.2, 0) is 19.6 Å². The molecule has 26 heavy (non-hydrogen) atoms. The lowest BCUT2D eigenvalue weighted by Crippen LogP contribution is -2.53. The summed E-state index contributed by atoms with van der Waals surface area (Å²) in [6.45, 7) is 2.40. The number of amides is 1. The number of nitrogens with two attached hydrogens (primary N) is 1. The molecule has 0 spiro atoms. The molecular weight excluding hydrogens is 398 g/mol. The summed E-state index contributed by atoms with van der Waals surface area (Å²) in [7, 11) is -3.46. The van der Waals surface area contributed by atoms with E-state index in [-0.39, 0.29) is 30.3 Å². The first kappa shape index (κ1) is 21.6. The van der Waals surface area contributed by atoms with Gasteiger partial charge in [0.2, 0.25) is 15.9 Å². The molecule has 3 N–H and O–H groups in total. The number of nitrogens with zero attached hydrogens (tertiary/aromatic N) is 1. The summed E-state index contributed by atoms with van der Waals surface area (Å²) < 4.78 is 33.0. The van der Waals surface area contributed by atoms with Crippen molar-refractivity contribution in [3.8, 4) is 0 Å². The Kier molecular flexibility index (Phi) is 7.87. The third kappa shape index (κ3) is 5.17. The summed E-state index contributed by atoms with van der Waals surface area (Å²) in [5.74, 6) is 0.155. The molecule has 7 nitrogen and oxygen atoms in total. The molecule has 1 atom stereocenters. The molecule has 0 aromatic carbocycles. The fraction of sp³-hybridized carbons (Fsp3) is 0.688. The number of sulfonamides is 1. The fourth-order valence-electron chi connectivity index (χ4n) is 3.40. The molecule has 1 amide bonds. The molecule has 1 unspecified atom stereocenters. The van der Waals surface area contributed by atoms with Crippen LogP contribution >= 0.6 is 23.7 Å². The number of likely N-dealkylation sites (tertiary alicyclic amines) is 1. The van der Waals surface area contributed by atoms with Crippen LogP contribution in [0, 0.1) is 5.92 Å². The van der Waals surface area contributed by atoms with Crippen molar-refractivity contribution in [3.05, 3.63) is 17.5 Å². The summed E-state index contributed by atoms with van der Waals surface area (Å²) in [5.41, 5.74) is 6.17. The molecule has 0 radical (unpaired) electrons. The summed E-state index contributed by atoms with van der Waals surface area (Å²) in [6, 6.07) is 2.69. The maximum absolute atomic E-state index is 12.6. The normalized spacial score (nSPS) is 21.2. The molecule has 1 aromatic heterocycles. The largest absolute Gasteiger partial charge is 0.381 e. The van der Waals surface area contributed by atoms with Crippen LogP contribution in [0.5, 0.6) is 0 Å². The highest BCUT2D eigenvalue weighted by atomic mass is 35.5. The number of rotatable bonds is 5. The van der Waals surface area contributed by atoms with Crippen LogP contribution in [0.15, 0.2) is 21.7 Å². The molecule has 0 aliphatic carbocycles. The van der Waals surface area contributed by atoms with Gasteiger partial charge < -0.3 is 15.4 Å². The SMILES string of the molecule is Cl.NC(C(=O)N1CCC(NS(=O)(=O)c2cccs2)CC1)C1CCOCC1. The van der Waals surface area contributed by atoms with Gasteiger partial charge in [-0.15, -0.1) is 23.7 Å². The van der Waals surface area contributed by atoms with Gasteiger partial charge in [0.05, 0.1) is 6.04 Å². The van der Waals surface area contributed by atoms with Crippen LogP contribution in [-0.4, -0.2) is 57.6 Å². The highest BCUT2D eigenvalue weighted by molar-refractivity contribution is 7.91. The van der Waals surface area contributed by atoms with Crippen molar-refractivity contribution in [1.82, 2.24) is 9.62 Å². The third-order valence-corrected chi connectivity index (χ3v) is 7.87. The number of hydrogen-bond donors (Lipinski definition) is 2. The number of thiophene rings is 1. The summed E-state index contributed by atoms with van der Waals surface area (Å²) in [6.07, 6.45) is 2.86. The second-order valence-corrected chi connectivity index (χ2v) is 9.52. The lowest BCUT2D eigenvalue weighted by molar-refractivity contribution is -0.135. The molecule has 10 heteroatoms. The minimum Gasteiger partial charge on any atom is -0.381 e. The predicted molar refractivity (Wildman–Crippen MR) is 103 cm³/mol. The molecular formula is C16H26ClN3O4S2. The van der Waals surface area contributed by atoms with Crippen LogP contribution < -0.4 is 10.5 Å². The van der Waals surface area contributed by atoms with E-state index in [2.05, 4.69) is 4.72 Å². The standard InChI is InChI=1S/C16H25N3O4S2.ClH/c17-15(12-5-9-23-10-6-12)16(20)19-7-3-13(4-8-19)18-25(21,22)14-2-1-11-24-14;/h1-2,11-13,15,18H,3-10,17H2;1H. The van der Waals surface area contributed by atoms with E-state index in [9.17, 15) is 13.2 Å². The van der Waals surface area contributed by atoms with Gasteiger partial charge in [-0.25, -0.2) is 13.1 Å². The first-order chi connectivity index (χ1) is 12.0. The number of carbonyl (C=O) groups is 1. The van der Waals surface area contributed by atoms with E-state index < -0.39 is 16.1 Å². The van der Waals surface area contributed by atoms with E-state index in [1.54, 1.807) is 22.4 Å².